The number of ketones is 1. The first-order chi connectivity index (χ1) is 14.8. The fraction of sp³-hybridized carbons (Fsp3) is 0.286. The molecule has 0 unspecified atom stereocenters. The molecule has 0 aliphatic carbocycles. The zero-order chi connectivity index (χ0) is 22.5. The van der Waals surface area contributed by atoms with Gasteiger partial charge in [0.15, 0.2) is 11.6 Å². The van der Waals surface area contributed by atoms with Crippen molar-refractivity contribution in [3.8, 4) is 17.1 Å². The van der Waals surface area contributed by atoms with E-state index in [1.54, 1.807) is 26.2 Å². The van der Waals surface area contributed by atoms with Gasteiger partial charge in [-0.2, -0.15) is 5.10 Å². The fourth-order valence-corrected chi connectivity index (χ4v) is 3.17. The minimum absolute atomic E-state index is 0.120. The standard InChI is InChI=1S/C21H23N5O5/c1-11-18(21(29)31-4)15(23-19(11)12(2)27)9-17(28)22-10-16-24-20(26-25-16)13-5-7-14(30-3)8-6-13/h5-8,23H,9-10H2,1-4H3,(H,22,28)(H,24,25,26). The average Bonchev–Trinajstić information content (AvgIpc) is 3.36. The summed E-state index contributed by atoms with van der Waals surface area (Å²) in [7, 11) is 2.84. The highest BCUT2D eigenvalue weighted by molar-refractivity contribution is 6.01. The van der Waals surface area contributed by atoms with E-state index in [4.69, 9.17) is 9.47 Å². The molecule has 1 aromatic carbocycles. The molecule has 3 aromatic rings. The number of amides is 1. The number of hydrogen-bond acceptors (Lipinski definition) is 7. The Kier molecular flexibility index (Phi) is 6.49. The van der Waals surface area contributed by atoms with Crippen LogP contribution < -0.4 is 10.1 Å². The van der Waals surface area contributed by atoms with Crippen molar-refractivity contribution in [3.05, 3.63) is 52.6 Å². The second-order valence-corrected chi connectivity index (χ2v) is 6.81. The molecular formula is C21H23N5O5. The summed E-state index contributed by atoms with van der Waals surface area (Å²) in [4.78, 5) is 43.6. The SMILES string of the molecule is COC(=O)c1c(CC(=O)NCc2nc(-c3ccc(OC)cc3)n[nH]2)[nH]c(C(C)=O)c1C. The second kappa shape index (κ2) is 9.24. The highest BCUT2D eigenvalue weighted by Crippen LogP contribution is 2.21. The van der Waals surface area contributed by atoms with Crippen molar-refractivity contribution in [2.75, 3.05) is 14.2 Å². The Morgan fingerprint density at radius 1 is 1.13 bits per heavy atom. The fourth-order valence-electron chi connectivity index (χ4n) is 3.17. The predicted octanol–water partition coefficient (Wildman–Crippen LogP) is 1.96. The minimum atomic E-state index is -0.608. The van der Waals surface area contributed by atoms with E-state index < -0.39 is 5.97 Å². The zero-order valence-corrected chi connectivity index (χ0v) is 17.7. The lowest BCUT2D eigenvalue weighted by atomic mass is 10.1. The number of aromatic amines is 2. The minimum Gasteiger partial charge on any atom is -0.497 e. The number of Topliss-reactive ketones (excluding diaryl/α,β-unsaturated/α-hetero) is 1. The van der Waals surface area contributed by atoms with Gasteiger partial charge in [0.05, 0.1) is 38.4 Å². The molecule has 0 fully saturated rings. The molecule has 3 N–H and O–H groups in total. The van der Waals surface area contributed by atoms with Crippen molar-refractivity contribution in [2.45, 2.75) is 26.8 Å². The highest BCUT2D eigenvalue weighted by Gasteiger charge is 2.24. The number of esters is 1. The van der Waals surface area contributed by atoms with Gasteiger partial charge in [-0.25, -0.2) is 9.78 Å². The molecule has 2 heterocycles. The number of carbonyl (C=O) groups excluding carboxylic acids is 3. The molecule has 1 amide bonds. The van der Waals surface area contributed by atoms with E-state index in [9.17, 15) is 14.4 Å². The predicted molar refractivity (Wildman–Crippen MR) is 111 cm³/mol. The van der Waals surface area contributed by atoms with Crippen molar-refractivity contribution >= 4 is 17.7 Å². The van der Waals surface area contributed by atoms with E-state index in [1.807, 2.05) is 12.1 Å². The summed E-state index contributed by atoms with van der Waals surface area (Å²) in [5.41, 5.74) is 2.06. The van der Waals surface area contributed by atoms with Gasteiger partial charge in [0.2, 0.25) is 5.91 Å². The van der Waals surface area contributed by atoms with Gasteiger partial charge in [0, 0.05) is 18.2 Å². The topological polar surface area (TPSA) is 139 Å². The number of ether oxygens (including phenoxy) is 2. The Balaban J connectivity index is 1.67. The lowest BCUT2D eigenvalue weighted by Gasteiger charge is -2.05. The molecule has 10 nitrogen and oxygen atoms in total. The van der Waals surface area contributed by atoms with Crippen LogP contribution in [0.3, 0.4) is 0 Å². The molecule has 3 rings (SSSR count). The third kappa shape index (κ3) is 4.80. The van der Waals surface area contributed by atoms with Crippen LogP contribution in [0.15, 0.2) is 24.3 Å². The number of hydrogen-bond donors (Lipinski definition) is 3. The molecule has 31 heavy (non-hydrogen) atoms. The number of H-pyrrole nitrogens is 2. The Bertz CT molecular complexity index is 1110. The van der Waals surface area contributed by atoms with Crippen LogP contribution in [0.25, 0.3) is 11.4 Å². The van der Waals surface area contributed by atoms with Crippen LogP contribution >= 0.6 is 0 Å². The molecule has 0 aliphatic heterocycles. The van der Waals surface area contributed by atoms with Crippen LogP contribution in [0.1, 0.15) is 44.9 Å². The Labute approximate surface area is 178 Å². The molecule has 0 aliphatic rings. The molecule has 0 atom stereocenters. The number of benzene rings is 1. The Morgan fingerprint density at radius 2 is 1.84 bits per heavy atom. The maximum atomic E-state index is 12.4. The van der Waals surface area contributed by atoms with E-state index in [-0.39, 0.29) is 35.9 Å². The summed E-state index contributed by atoms with van der Waals surface area (Å²) >= 11 is 0. The van der Waals surface area contributed by atoms with Gasteiger partial charge in [-0.15, -0.1) is 0 Å². The van der Waals surface area contributed by atoms with Gasteiger partial charge in [0.25, 0.3) is 0 Å². The normalized spacial score (nSPS) is 10.6. The molecule has 0 saturated heterocycles. The van der Waals surface area contributed by atoms with Gasteiger partial charge < -0.3 is 19.8 Å². The lowest BCUT2D eigenvalue weighted by Crippen LogP contribution is -2.26. The van der Waals surface area contributed by atoms with E-state index in [1.165, 1.54) is 14.0 Å². The van der Waals surface area contributed by atoms with Gasteiger partial charge in [0.1, 0.15) is 11.6 Å². The molecule has 2 aromatic heterocycles. The first-order valence-corrected chi connectivity index (χ1v) is 9.47. The largest absolute Gasteiger partial charge is 0.497 e. The summed E-state index contributed by atoms with van der Waals surface area (Å²) in [6.07, 6.45) is -0.127. The van der Waals surface area contributed by atoms with Crippen LogP contribution in [-0.4, -0.2) is 52.0 Å². The summed E-state index contributed by atoms with van der Waals surface area (Å²) < 4.78 is 9.92. The van der Waals surface area contributed by atoms with Crippen molar-refractivity contribution in [3.63, 3.8) is 0 Å². The van der Waals surface area contributed by atoms with Crippen LogP contribution in [0, 0.1) is 6.92 Å². The molecule has 10 heteroatoms. The van der Waals surface area contributed by atoms with Gasteiger partial charge in [-0.1, -0.05) is 0 Å². The van der Waals surface area contributed by atoms with Gasteiger partial charge >= 0.3 is 5.97 Å². The first kappa shape index (κ1) is 21.8. The Hall–Kier alpha value is -3.95. The van der Waals surface area contributed by atoms with Crippen molar-refractivity contribution in [2.24, 2.45) is 0 Å². The zero-order valence-electron chi connectivity index (χ0n) is 17.7. The summed E-state index contributed by atoms with van der Waals surface area (Å²) in [6.45, 7) is 3.14. The van der Waals surface area contributed by atoms with Crippen molar-refractivity contribution < 1.29 is 23.9 Å². The average molecular weight is 425 g/mol. The molecule has 0 bridgehead atoms. The van der Waals surface area contributed by atoms with Crippen LogP contribution in [0.5, 0.6) is 5.75 Å². The number of aromatic nitrogens is 4. The second-order valence-electron chi connectivity index (χ2n) is 6.81. The number of carbonyl (C=O) groups is 3. The summed E-state index contributed by atoms with van der Waals surface area (Å²) in [6, 6.07) is 7.27. The molecular weight excluding hydrogens is 402 g/mol. The van der Waals surface area contributed by atoms with Crippen LogP contribution in [0.2, 0.25) is 0 Å². The first-order valence-electron chi connectivity index (χ1n) is 9.47. The molecule has 0 radical (unpaired) electrons. The quantitative estimate of drug-likeness (QED) is 0.370. The number of nitrogens with one attached hydrogen (secondary N) is 3. The van der Waals surface area contributed by atoms with Gasteiger partial charge in [-0.05, 0) is 36.8 Å². The van der Waals surface area contributed by atoms with E-state index in [0.29, 0.717) is 22.9 Å². The maximum absolute atomic E-state index is 12.4. The van der Waals surface area contributed by atoms with E-state index >= 15 is 0 Å². The smallest absolute Gasteiger partial charge is 0.339 e. The third-order valence-electron chi connectivity index (χ3n) is 4.74. The number of nitrogens with zero attached hydrogens (tertiary/aromatic N) is 2. The van der Waals surface area contributed by atoms with E-state index in [0.717, 1.165) is 11.3 Å². The maximum Gasteiger partial charge on any atom is 0.339 e. The third-order valence-corrected chi connectivity index (χ3v) is 4.74. The number of methoxy groups -OCH3 is 2. The van der Waals surface area contributed by atoms with Crippen LogP contribution in [0.4, 0.5) is 0 Å². The molecule has 162 valence electrons. The molecule has 0 spiro atoms. The lowest BCUT2D eigenvalue weighted by molar-refractivity contribution is -0.120. The van der Waals surface area contributed by atoms with E-state index in [2.05, 4.69) is 25.5 Å². The van der Waals surface area contributed by atoms with Crippen molar-refractivity contribution in [1.82, 2.24) is 25.5 Å². The highest BCUT2D eigenvalue weighted by atomic mass is 16.5. The van der Waals surface area contributed by atoms with Crippen LogP contribution in [-0.2, 0) is 22.5 Å². The monoisotopic (exact) mass is 425 g/mol. The summed E-state index contributed by atoms with van der Waals surface area (Å²) in [5.74, 6) is 0.491. The van der Waals surface area contributed by atoms with Crippen molar-refractivity contribution in [1.29, 1.82) is 0 Å². The summed E-state index contributed by atoms with van der Waals surface area (Å²) in [5, 5.41) is 9.66. The molecule has 0 saturated carbocycles. The number of rotatable bonds is 8. The Morgan fingerprint density at radius 3 is 2.45 bits per heavy atom. The van der Waals surface area contributed by atoms with Gasteiger partial charge in [-0.3, -0.25) is 14.7 Å².